The van der Waals surface area contributed by atoms with Crippen LogP contribution in [0.25, 0.3) is 33.5 Å². The molecule has 3 aromatic heterocycles. The Hall–Kier alpha value is -4.39. The quantitative estimate of drug-likeness (QED) is 0.360. The predicted octanol–water partition coefficient (Wildman–Crippen LogP) is 5.50. The number of carbonyl (C=O) groups is 1. The highest BCUT2D eigenvalue weighted by Gasteiger charge is 2.18. The first kappa shape index (κ1) is 22.4. The van der Waals surface area contributed by atoms with E-state index in [2.05, 4.69) is 65.9 Å². The summed E-state index contributed by atoms with van der Waals surface area (Å²) < 4.78 is 4.19. The molecule has 7 nitrogen and oxygen atoms in total. The maximum atomic E-state index is 12.0. The third-order valence-electron chi connectivity index (χ3n) is 5.87. The van der Waals surface area contributed by atoms with E-state index in [4.69, 9.17) is 5.73 Å². The van der Waals surface area contributed by atoms with E-state index < -0.39 is 5.91 Å². The molecule has 3 N–H and O–H groups in total. The van der Waals surface area contributed by atoms with Crippen LogP contribution in [0.5, 0.6) is 0 Å². The second-order valence-corrected chi connectivity index (χ2v) is 9.73. The van der Waals surface area contributed by atoms with Crippen LogP contribution in [0.4, 0.5) is 5.69 Å². The molecule has 0 aliphatic heterocycles. The largest absolute Gasteiger partial charge is 0.380 e. The fourth-order valence-corrected chi connectivity index (χ4v) is 4.41. The summed E-state index contributed by atoms with van der Waals surface area (Å²) in [6.07, 6.45) is 9.55. The smallest absolute Gasteiger partial charge is 0.250 e. The summed E-state index contributed by atoms with van der Waals surface area (Å²) in [6.45, 7) is 8.26. The molecule has 0 radical (unpaired) electrons. The average Bonchev–Trinajstić information content (AvgIpc) is 3.44. The molecule has 5 aromatic rings. The molecule has 0 fully saturated rings. The molecule has 0 spiro atoms. The lowest BCUT2D eigenvalue weighted by atomic mass is 10.1. The highest BCUT2D eigenvalue weighted by Crippen LogP contribution is 2.32. The summed E-state index contributed by atoms with van der Waals surface area (Å²) in [5.74, 6) is -0.455. The molecule has 3 heterocycles. The van der Waals surface area contributed by atoms with Crippen LogP contribution < -0.4 is 11.1 Å². The summed E-state index contributed by atoms with van der Waals surface area (Å²) in [7, 11) is 0. The minimum atomic E-state index is -0.455. The Morgan fingerprint density at radius 3 is 2.60 bits per heavy atom. The van der Waals surface area contributed by atoms with Crippen LogP contribution in [0.2, 0.25) is 0 Å². The Labute approximate surface area is 204 Å². The lowest BCUT2D eigenvalue weighted by Crippen LogP contribution is -2.28. The van der Waals surface area contributed by atoms with Gasteiger partial charge in [0.2, 0.25) is 0 Å². The van der Waals surface area contributed by atoms with Gasteiger partial charge in [-0.1, -0.05) is 6.07 Å². The van der Waals surface area contributed by atoms with Gasteiger partial charge in [-0.2, -0.15) is 0 Å². The number of pyridine rings is 1. The molecule has 7 heteroatoms. The van der Waals surface area contributed by atoms with E-state index in [1.165, 1.54) is 0 Å². The van der Waals surface area contributed by atoms with Crippen LogP contribution in [0.1, 0.15) is 36.7 Å². The van der Waals surface area contributed by atoms with E-state index in [9.17, 15) is 4.79 Å². The average molecular weight is 465 g/mol. The highest BCUT2D eigenvalue weighted by molar-refractivity contribution is 5.99. The van der Waals surface area contributed by atoms with E-state index >= 15 is 0 Å². The van der Waals surface area contributed by atoms with Gasteiger partial charge in [0.05, 0.1) is 28.8 Å². The van der Waals surface area contributed by atoms with Gasteiger partial charge < -0.3 is 20.2 Å². The monoisotopic (exact) mass is 464 g/mol. The first-order chi connectivity index (χ1) is 16.7. The SMILES string of the molecule is Cc1cn(-c2ccc(C(N)=O)c(NC(C)(C)C)c2)c2cccc(-n3cnc(-c4cccnc4)c3)c12. The molecule has 5 rings (SSSR count). The first-order valence-electron chi connectivity index (χ1n) is 11.5. The van der Waals surface area contributed by atoms with Gasteiger partial charge in [0.25, 0.3) is 5.91 Å². The molecule has 0 unspecified atom stereocenters. The van der Waals surface area contributed by atoms with E-state index in [-0.39, 0.29) is 5.54 Å². The van der Waals surface area contributed by atoms with Crippen molar-refractivity contribution in [3.05, 3.63) is 90.8 Å². The Kier molecular flexibility index (Phi) is 5.40. The minimum Gasteiger partial charge on any atom is -0.380 e. The van der Waals surface area contributed by atoms with Crippen molar-refractivity contribution in [3.63, 3.8) is 0 Å². The van der Waals surface area contributed by atoms with Crippen molar-refractivity contribution in [2.24, 2.45) is 5.73 Å². The van der Waals surface area contributed by atoms with Crippen LogP contribution in [0.15, 0.2) is 79.6 Å². The number of imidazole rings is 1. The van der Waals surface area contributed by atoms with Gasteiger partial charge >= 0.3 is 0 Å². The molecular weight excluding hydrogens is 436 g/mol. The summed E-state index contributed by atoms with van der Waals surface area (Å²) in [5.41, 5.74) is 12.6. The van der Waals surface area contributed by atoms with Crippen LogP contribution in [-0.2, 0) is 0 Å². The summed E-state index contributed by atoms with van der Waals surface area (Å²) in [6, 6.07) is 15.8. The fourth-order valence-electron chi connectivity index (χ4n) is 4.41. The van der Waals surface area contributed by atoms with Crippen molar-refractivity contribution >= 4 is 22.5 Å². The fraction of sp³-hybridized carbons (Fsp3) is 0.179. The highest BCUT2D eigenvalue weighted by atomic mass is 16.1. The number of fused-ring (bicyclic) bond motifs is 1. The number of hydrogen-bond acceptors (Lipinski definition) is 4. The zero-order chi connectivity index (χ0) is 24.7. The van der Waals surface area contributed by atoms with Gasteiger partial charge in [-0.3, -0.25) is 9.78 Å². The third-order valence-corrected chi connectivity index (χ3v) is 5.87. The van der Waals surface area contributed by atoms with E-state index in [0.717, 1.165) is 39.1 Å². The molecule has 0 atom stereocenters. The van der Waals surface area contributed by atoms with E-state index in [0.29, 0.717) is 11.3 Å². The molecule has 35 heavy (non-hydrogen) atoms. The Morgan fingerprint density at radius 1 is 1.06 bits per heavy atom. The number of primary amides is 1. The van der Waals surface area contributed by atoms with Crippen molar-refractivity contribution in [1.29, 1.82) is 0 Å². The number of carbonyl (C=O) groups excluding carboxylic acids is 1. The topological polar surface area (TPSA) is 90.8 Å². The third kappa shape index (κ3) is 4.28. The van der Waals surface area contributed by atoms with E-state index in [1.807, 2.05) is 53.6 Å². The molecule has 0 aliphatic rings. The van der Waals surface area contributed by atoms with Crippen LogP contribution in [0, 0.1) is 6.92 Å². The standard InChI is InChI=1S/C28H28N6O/c1-18-15-34(20-10-11-21(27(29)35)22(13-20)32-28(2,3)4)25-9-5-8-24(26(18)25)33-16-23(31-17-33)19-7-6-12-30-14-19/h5-17,32H,1-4H3,(H2,29,35). The van der Waals surface area contributed by atoms with E-state index in [1.54, 1.807) is 12.3 Å². The van der Waals surface area contributed by atoms with Crippen molar-refractivity contribution in [3.8, 4) is 22.6 Å². The van der Waals surface area contributed by atoms with Gasteiger partial charge in [0.15, 0.2) is 0 Å². The molecule has 2 aromatic carbocycles. The van der Waals surface area contributed by atoms with Crippen molar-refractivity contribution < 1.29 is 4.79 Å². The molecule has 0 bridgehead atoms. The zero-order valence-electron chi connectivity index (χ0n) is 20.3. The Morgan fingerprint density at radius 2 is 1.89 bits per heavy atom. The molecular formula is C28H28N6O. The second kappa shape index (κ2) is 8.43. The first-order valence-corrected chi connectivity index (χ1v) is 11.5. The Balaban J connectivity index is 1.62. The molecule has 0 aliphatic carbocycles. The normalized spacial score (nSPS) is 11.7. The molecule has 0 saturated heterocycles. The predicted molar refractivity (Wildman–Crippen MR) is 140 cm³/mol. The van der Waals surface area contributed by atoms with Crippen molar-refractivity contribution in [2.45, 2.75) is 33.2 Å². The number of nitrogens with two attached hydrogens (primary N) is 1. The number of anilines is 1. The number of benzene rings is 2. The minimum absolute atomic E-state index is 0.224. The van der Waals surface area contributed by atoms with Crippen LogP contribution >= 0.6 is 0 Å². The summed E-state index contributed by atoms with van der Waals surface area (Å²) in [4.78, 5) is 20.8. The number of nitrogens with zero attached hydrogens (tertiary/aromatic N) is 4. The van der Waals surface area contributed by atoms with Gasteiger partial charge in [-0.15, -0.1) is 0 Å². The van der Waals surface area contributed by atoms with Gasteiger partial charge in [0.1, 0.15) is 0 Å². The van der Waals surface area contributed by atoms with Crippen LogP contribution in [-0.4, -0.2) is 30.5 Å². The van der Waals surface area contributed by atoms with Gasteiger partial charge in [0, 0.05) is 52.7 Å². The second-order valence-electron chi connectivity index (χ2n) is 9.73. The molecule has 1 amide bonds. The van der Waals surface area contributed by atoms with Crippen molar-refractivity contribution in [1.82, 2.24) is 19.1 Å². The maximum Gasteiger partial charge on any atom is 0.250 e. The lowest BCUT2D eigenvalue weighted by Gasteiger charge is -2.24. The molecule has 176 valence electrons. The Bertz CT molecular complexity index is 1540. The van der Waals surface area contributed by atoms with Gasteiger partial charge in [-0.25, -0.2) is 4.98 Å². The number of nitrogens with one attached hydrogen (secondary N) is 1. The number of amides is 1. The van der Waals surface area contributed by atoms with Crippen molar-refractivity contribution in [2.75, 3.05) is 5.32 Å². The van der Waals surface area contributed by atoms with Gasteiger partial charge in [-0.05, 0) is 75.7 Å². The number of rotatable bonds is 5. The zero-order valence-corrected chi connectivity index (χ0v) is 20.3. The lowest BCUT2D eigenvalue weighted by molar-refractivity contribution is 0.100. The summed E-state index contributed by atoms with van der Waals surface area (Å²) in [5, 5.41) is 4.55. The number of aromatic nitrogens is 4. The summed E-state index contributed by atoms with van der Waals surface area (Å²) >= 11 is 0. The molecule has 0 saturated carbocycles. The number of aryl methyl sites for hydroxylation is 1. The van der Waals surface area contributed by atoms with Crippen LogP contribution in [0.3, 0.4) is 0 Å². The number of hydrogen-bond donors (Lipinski definition) is 2. The maximum absolute atomic E-state index is 12.0.